The van der Waals surface area contributed by atoms with Crippen molar-refractivity contribution in [1.29, 1.82) is 0 Å². The maximum atomic E-state index is 13.1. The van der Waals surface area contributed by atoms with Crippen LogP contribution in [0, 0.1) is 17.8 Å². The number of benzene rings is 1. The number of ether oxygens (including phenoxy) is 1. The van der Waals surface area contributed by atoms with Gasteiger partial charge < -0.3 is 19.5 Å². The number of esters is 1. The quantitative estimate of drug-likeness (QED) is 0.622. The Bertz CT molecular complexity index is 1000. The number of rotatable bonds is 6. The highest BCUT2D eigenvalue weighted by atomic mass is 16.5. The van der Waals surface area contributed by atoms with Gasteiger partial charge in [0, 0.05) is 31.1 Å². The Labute approximate surface area is 208 Å². The third-order valence-electron chi connectivity index (χ3n) is 7.65. The zero-order valence-corrected chi connectivity index (χ0v) is 21.5. The number of amides is 1. The van der Waals surface area contributed by atoms with Crippen LogP contribution in [0.25, 0.3) is 11.3 Å². The van der Waals surface area contributed by atoms with Gasteiger partial charge in [0.2, 0.25) is 5.91 Å². The number of methoxy groups -OCH3 is 1. The molecular weight excluding hydrogens is 442 g/mol. The van der Waals surface area contributed by atoms with Gasteiger partial charge in [0.1, 0.15) is 0 Å². The predicted octanol–water partition coefficient (Wildman–Crippen LogP) is 4.21. The van der Waals surface area contributed by atoms with Crippen molar-refractivity contribution >= 4 is 11.9 Å². The second-order valence-electron chi connectivity index (χ2n) is 11.1. The van der Waals surface area contributed by atoms with E-state index in [2.05, 4.69) is 55.5 Å². The van der Waals surface area contributed by atoms with Crippen molar-refractivity contribution in [2.75, 3.05) is 33.3 Å². The number of carbonyl (C=O) groups is 2. The molecule has 2 atom stereocenters. The average Bonchev–Trinajstić information content (AvgIpc) is 3.33. The minimum atomic E-state index is -0.160. The largest absolute Gasteiger partial charge is 0.469 e. The van der Waals surface area contributed by atoms with Crippen LogP contribution in [0.4, 0.5) is 0 Å². The maximum absolute atomic E-state index is 13.1. The topological polar surface area (TPSA) is 84.7 Å². The van der Waals surface area contributed by atoms with Gasteiger partial charge in [-0.3, -0.25) is 9.59 Å². The van der Waals surface area contributed by atoms with Gasteiger partial charge >= 0.3 is 5.97 Å². The molecule has 2 unspecified atom stereocenters. The van der Waals surface area contributed by atoms with Crippen LogP contribution < -0.4 is 5.32 Å². The second kappa shape index (κ2) is 10.9. The lowest BCUT2D eigenvalue weighted by Gasteiger charge is -2.35. The lowest BCUT2D eigenvalue weighted by molar-refractivity contribution is -0.149. The first-order chi connectivity index (χ1) is 16.7. The molecular formula is C28H39N3O4. The number of nitrogens with one attached hydrogen (secondary N) is 1. The molecule has 4 rings (SSSR count). The van der Waals surface area contributed by atoms with Gasteiger partial charge in [-0.25, -0.2) is 0 Å². The van der Waals surface area contributed by atoms with Crippen LogP contribution in [0.5, 0.6) is 0 Å². The van der Waals surface area contributed by atoms with Gasteiger partial charge in [0.25, 0.3) is 0 Å². The van der Waals surface area contributed by atoms with Gasteiger partial charge in [-0.15, -0.1) is 0 Å². The first-order valence-corrected chi connectivity index (χ1v) is 12.9. The van der Waals surface area contributed by atoms with Crippen LogP contribution in [0.3, 0.4) is 0 Å². The highest BCUT2D eigenvalue weighted by Crippen LogP contribution is 2.30. The molecule has 7 nitrogen and oxygen atoms in total. The molecule has 190 valence electrons. The van der Waals surface area contributed by atoms with E-state index in [0.717, 1.165) is 42.9 Å². The van der Waals surface area contributed by atoms with Crippen molar-refractivity contribution in [2.24, 2.45) is 17.8 Å². The molecule has 1 N–H and O–H groups in total. The molecule has 0 radical (unpaired) electrons. The van der Waals surface area contributed by atoms with Crippen LogP contribution >= 0.6 is 0 Å². The van der Waals surface area contributed by atoms with Crippen LogP contribution in [0.2, 0.25) is 0 Å². The molecule has 2 aromatic rings. The zero-order chi connectivity index (χ0) is 25.0. The van der Waals surface area contributed by atoms with Gasteiger partial charge in [-0.2, -0.15) is 0 Å². The van der Waals surface area contributed by atoms with E-state index >= 15 is 0 Å². The van der Waals surface area contributed by atoms with Crippen LogP contribution in [0.15, 0.2) is 34.9 Å². The van der Waals surface area contributed by atoms with E-state index in [1.54, 1.807) is 0 Å². The smallest absolute Gasteiger partial charge is 0.308 e. The summed E-state index contributed by atoms with van der Waals surface area (Å²) < 4.78 is 10.5. The number of nitrogens with zero attached hydrogens (tertiary/aromatic N) is 2. The number of hydrogen-bond donors (Lipinski definition) is 1. The van der Waals surface area contributed by atoms with E-state index in [0.29, 0.717) is 44.2 Å². The maximum Gasteiger partial charge on any atom is 0.308 e. The predicted molar refractivity (Wildman–Crippen MR) is 135 cm³/mol. The van der Waals surface area contributed by atoms with Gasteiger partial charge in [0.15, 0.2) is 5.76 Å². The molecule has 2 aliphatic heterocycles. The van der Waals surface area contributed by atoms with Gasteiger partial charge in [0.05, 0.1) is 18.7 Å². The fraction of sp³-hybridized carbons (Fsp3) is 0.607. The van der Waals surface area contributed by atoms with Crippen LogP contribution in [-0.2, 0) is 26.2 Å². The zero-order valence-electron chi connectivity index (χ0n) is 21.5. The summed E-state index contributed by atoms with van der Waals surface area (Å²) in [6, 6.07) is 10.5. The number of piperidine rings is 2. The first kappa shape index (κ1) is 25.4. The lowest BCUT2D eigenvalue weighted by Crippen LogP contribution is -2.44. The first-order valence-electron chi connectivity index (χ1n) is 12.9. The van der Waals surface area contributed by atoms with Crippen molar-refractivity contribution in [3.63, 3.8) is 0 Å². The Hall–Kier alpha value is -2.67. The fourth-order valence-electron chi connectivity index (χ4n) is 5.32. The minimum absolute atomic E-state index is 0.0818. The molecule has 2 aliphatic rings. The summed E-state index contributed by atoms with van der Waals surface area (Å²) in [6.45, 7) is 9.70. The number of hydrogen-bond acceptors (Lipinski definition) is 6. The molecule has 0 saturated carbocycles. The van der Waals surface area contributed by atoms with Gasteiger partial charge in [-0.1, -0.05) is 50.2 Å². The Morgan fingerprint density at radius 3 is 2.49 bits per heavy atom. The molecule has 2 fully saturated rings. The lowest BCUT2D eigenvalue weighted by atomic mass is 9.80. The van der Waals surface area contributed by atoms with Crippen molar-refractivity contribution in [1.82, 2.24) is 15.4 Å². The molecule has 0 aliphatic carbocycles. The standard InChI is InChI=1S/C28H39N3O4/c1-28(2,3)23-7-5-19(6-8-23)25-17-24(30-35-25)15-22-18-29-12-9-21(22)16-26(32)31-13-10-20(11-14-31)27(33)34-4/h5-8,17,20-22,29H,9-16,18H2,1-4H3. The monoisotopic (exact) mass is 481 g/mol. The Balaban J connectivity index is 1.34. The third-order valence-corrected chi connectivity index (χ3v) is 7.65. The molecule has 7 heteroatoms. The summed E-state index contributed by atoms with van der Waals surface area (Å²) >= 11 is 0. The molecule has 2 saturated heterocycles. The summed E-state index contributed by atoms with van der Waals surface area (Å²) in [4.78, 5) is 26.8. The third kappa shape index (κ3) is 6.31. The van der Waals surface area contributed by atoms with E-state index in [4.69, 9.17) is 9.26 Å². The van der Waals surface area contributed by atoms with E-state index in [-0.39, 0.29) is 23.2 Å². The van der Waals surface area contributed by atoms with E-state index < -0.39 is 0 Å². The molecule has 0 bridgehead atoms. The second-order valence-corrected chi connectivity index (χ2v) is 11.1. The molecule has 35 heavy (non-hydrogen) atoms. The summed E-state index contributed by atoms with van der Waals surface area (Å²) in [7, 11) is 1.43. The summed E-state index contributed by atoms with van der Waals surface area (Å²) in [5.74, 6) is 1.39. The number of carbonyl (C=O) groups excluding carboxylic acids is 2. The van der Waals surface area contributed by atoms with Crippen molar-refractivity contribution < 1.29 is 18.8 Å². The molecule has 3 heterocycles. The summed E-state index contributed by atoms with van der Waals surface area (Å²) in [6.07, 6.45) is 3.69. The summed E-state index contributed by atoms with van der Waals surface area (Å²) in [5.41, 5.74) is 3.37. The highest BCUT2D eigenvalue weighted by molar-refractivity contribution is 5.77. The Morgan fingerprint density at radius 1 is 1.11 bits per heavy atom. The normalized spacial score (nSPS) is 21.7. The molecule has 1 amide bonds. The Kier molecular flexibility index (Phi) is 7.95. The average molecular weight is 482 g/mol. The van der Waals surface area contributed by atoms with E-state index in [1.165, 1.54) is 12.7 Å². The van der Waals surface area contributed by atoms with Crippen molar-refractivity contribution in [2.45, 2.75) is 58.3 Å². The number of aromatic nitrogens is 1. The SMILES string of the molecule is COC(=O)C1CCN(C(=O)CC2CCNCC2Cc2cc(-c3ccc(C(C)(C)C)cc3)on2)CC1. The van der Waals surface area contributed by atoms with Crippen LogP contribution in [-0.4, -0.2) is 55.2 Å². The van der Waals surface area contributed by atoms with Crippen molar-refractivity contribution in [3.05, 3.63) is 41.6 Å². The Morgan fingerprint density at radius 2 is 1.83 bits per heavy atom. The number of likely N-dealkylation sites (tertiary alicyclic amines) is 1. The van der Waals surface area contributed by atoms with E-state index in [1.807, 2.05) is 11.0 Å². The minimum Gasteiger partial charge on any atom is -0.469 e. The van der Waals surface area contributed by atoms with Gasteiger partial charge in [-0.05, 0) is 61.6 Å². The van der Waals surface area contributed by atoms with Crippen LogP contribution in [0.1, 0.15) is 57.7 Å². The summed E-state index contributed by atoms with van der Waals surface area (Å²) in [5, 5.41) is 7.84. The van der Waals surface area contributed by atoms with E-state index in [9.17, 15) is 9.59 Å². The molecule has 0 spiro atoms. The highest BCUT2D eigenvalue weighted by Gasteiger charge is 2.32. The molecule has 1 aromatic carbocycles. The molecule has 1 aromatic heterocycles. The fourth-order valence-corrected chi connectivity index (χ4v) is 5.32. The van der Waals surface area contributed by atoms with Crippen molar-refractivity contribution in [3.8, 4) is 11.3 Å².